The predicted octanol–water partition coefficient (Wildman–Crippen LogP) is 2.07. The number of carbonyl (C=O) groups excluding carboxylic acids is 2. The molecule has 2 amide bonds. The topological polar surface area (TPSA) is 70.7 Å². The van der Waals surface area contributed by atoms with Crippen LogP contribution in [0.2, 0.25) is 0 Å². The van der Waals surface area contributed by atoms with Crippen LogP contribution in [0.5, 0.6) is 0 Å². The molecule has 1 saturated heterocycles. The SMILES string of the molecule is C[C@H](NC(=O)C1CN(C(=O)OC(C)(C)C)CCN1)c1ccccc1. The molecule has 0 aliphatic carbocycles. The predicted molar refractivity (Wildman–Crippen MR) is 92.6 cm³/mol. The molecule has 1 aromatic carbocycles. The van der Waals surface area contributed by atoms with Crippen LogP contribution in [-0.4, -0.2) is 48.2 Å². The lowest BCUT2D eigenvalue weighted by molar-refractivity contribution is -0.124. The van der Waals surface area contributed by atoms with E-state index in [0.29, 0.717) is 19.6 Å². The number of amides is 2. The van der Waals surface area contributed by atoms with Gasteiger partial charge in [-0.15, -0.1) is 0 Å². The van der Waals surface area contributed by atoms with E-state index in [4.69, 9.17) is 4.74 Å². The van der Waals surface area contributed by atoms with Gasteiger partial charge in [0.1, 0.15) is 11.6 Å². The maximum absolute atomic E-state index is 12.5. The Hall–Kier alpha value is -2.08. The molecule has 2 atom stereocenters. The van der Waals surface area contributed by atoms with Crippen LogP contribution in [0.1, 0.15) is 39.3 Å². The van der Waals surface area contributed by atoms with Gasteiger partial charge in [0.2, 0.25) is 5.91 Å². The quantitative estimate of drug-likeness (QED) is 0.888. The van der Waals surface area contributed by atoms with Crippen LogP contribution in [0.15, 0.2) is 30.3 Å². The lowest BCUT2D eigenvalue weighted by atomic mass is 10.1. The molecule has 1 heterocycles. The van der Waals surface area contributed by atoms with Crippen molar-refractivity contribution in [3.8, 4) is 0 Å². The van der Waals surface area contributed by atoms with Crippen molar-refractivity contribution >= 4 is 12.0 Å². The normalized spacial score (nSPS) is 19.5. The Balaban J connectivity index is 1.91. The van der Waals surface area contributed by atoms with E-state index >= 15 is 0 Å². The third-order valence-electron chi connectivity index (χ3n) is 3.80. The van der Waals surface area contributed by atoms with Crippen LogP contribution in [-0.2, 0) is 9.53 Å². The minimum atomic E-state index is -0.540. The van der Waals surface area contributed by atoms with E-state index in [-0.39, 0.29) is 18.0 Å². The van der Waals surface area contributed by atoms with Crippen molar-refractivity contribution in [2.24, 2.45) is 0 Å². The van der Waals surface area contributed by atoms with E-state index in [9.17, 15) is 9.59 Å². The Morgan fingerprint density at radius 3 is 2.58 bits per heavy atom. The fourth-order valence-corrected chi connectivity index (χ4v) is 2.56. The second kappa shape index (κ2) is 7.66. The lowest BCUT2D eigenvalue weighted by Gasteiger charge is -2.34. The van der Waals surface area contributed by atoms with Crippen LogP contribution in [0.4, 0.5) is 4.79 Å². The van der Waals surface area contributed by atoms with Gasteiger partial charge in [-0.1, -0.05) is 30.3 Å². The molecule has 2 N–H and O–H groups in total. The van der Waals surface area contributed by atoms with Crippen LogP contribution >= 0.6 is 0 Å². The molecule has 6 heteroatoms. The number of nitrogens with zero attached hydrogens (tertiary/aromatic N) is 1. The number of hydrogen-bond donors (Lipinski definition) is 2. The summed E-state index contributed by atoms with van der Waals surface area (Å²) in [6.07, 6.45) is -0.377. The number of ether oxygens (including phenoxy) is 1. The van der Waals surface area contributed by atoms with E-state index in [2.05, 4.69) is 10.6 Å². The average Bonchev–Trinajstić information content (AvgIpc) is 2.54. The van der Waals surface area contributed by atoms with E-state index < -0.39 is 11.6 Å². The number of carbonyl (C=O) groups is 2. The van der Waals surface area contributed by atoms with Gasteiger partial charge in [0.25, 0.3) is 0 Å². The number of benzene rings is 1. The molecule has 0 bridgehead atoms. The van der Waals surface area contributed by atoms with E-state index in [1.807, 2.05) is 58.0 Å². The number of piperazine rings is 1. The second-order valence-electron chi connectivity index (χ2n) is 7.07. The first-order valence-corrected chi connectivity index (χ1v) is 8.33. The fraction of sp³-hybridized carbons (Fsp3) is 0.556. The first-order chi connectivity index (χ1) is 11.3. The Kier molecular flexibility index (Phi) is 5.83. The van der Waals surface area contributed by atoms with Crippen LogP contribution in [0.3, 0.4) is 0 Å². The highest BCUT2D eigenvalue weighted by Crippen LogP contribution is 2.13. The molecule has 1 fully saturated rings. The summed E-state index contributed by atoms with van der Waals surface area (Å²) in [6, 6.07) is 9.27. The Labute approximate surface area is 143 Å². The van der Waals surface area contributed by atoms with Gasteiger partial charge in [-0.05, 0) is 33.3 Å². The summed E-state index contributed by atoms with van der Waals surface area (Å²) in [6.45, 7) is 8.85. The van der Waals surface area contributed by atoms with E-state index in [1.54, 1.807) is 4.90 Å². The first kappa shape index (κ1) is 18.3. The fourth-order valence-electron chi connectivity index (χ4n) is 2.56. The molecular formula is C18H27N3O3. The molecule has 0 saturated carbocycles. The van der Waals surface area contributed by atoms with Crippen molar-refractivity contribution in [1.29, 1.82) is 0 Å². The van der Waals surface area contributed by atoms with Gasteiger partial charge in [-0.3, -0.25) is 4.79 Å². The van der Waals surface area contributed by atoms with Crippen molar-refractivity contribution in [3.05, 3.63) is 35.9 Å². The third-order valence-corrected chi connectivity index (χ3v) is 3.80. The van der Waals surface area contributed by atoms with Gasteiger partial charge in [0.15, 0.2) is 0 Å². The summed E-state index contributed by atoms with van der Waals surface area (Å²) < 4.78 is 5.38. The first-order valence-electron chi connectivity index (χ1n) is 8.33. The summed E-state index contributed by atoms with van der Waals surface area (Å²) in [7, 11) is 0. The van der Waals surface area contributed by atoms with Crippen LogP contribution < -0.4 is 10.6 Å². The summed E-state index contributed by atoms with van der Waals surface area (Å²) in [5.74, 6) is -0.111. The van der Waals surface area contributed by atoms with Crippen molar-refractivity contribution in [3.63, 3.8) is 0 Å². The number of rotatable bonds is 3. The molecule has 1 aromatic rings. The molecule has 1 aliphatic heterocycles. The van der Waals surface area contributed by atoms with Crippen molar-refractivity contribution < 1.29 is 14.3 Å². The lowest BCUT2D eigenvalue weighted by Crippen LogP contribution is -2.59. The Morgan fingerprint density at radius 2 is 1.96 bits per heavy atom. The van der Waals surface area contributed by atoms with Crippen molar-refractivity contribution in [1.82, 2.24) is 15.5 Å². The molecule has 0 spiro atoms. The van der Waals surface area contributed by atoms with Crippen molar-refractivity contribution in [2.75, 3.05) is 19.6 Å². The maximum Gasteiger partial charge on any atom is 0.410 e. The maximum atomic E-state index is 12.5. The van der Waals surface area contributed by atoms with Gasteiger partial charge in [0.05, 0.1) is 6.04 Å². The smallest absolute Gasteiger partial charge is 0.410 e. The number of hydrogen-bond acceptors (Lipinski definition) is 4. The molecule has 0 radical (unpaired) electrons. The molecule has 24 heavy (non-hydrogen) atoms. The highest BCUT2D eigenvalue weighted by atomic mass is 16.6. The molecular weight excluding hydrogens is 306 g/mol. The van der Waals surface area contributed by atoms with E-state index in [1.165, 1.54) is 0 Å². The van der Waals surface area contributed by atoms with Gasteiger partial charge in [0, 0.05) is 19.6 Å². The molecule has 6 nitrogen and oxygen atoms in total. The Morgan fingerprint density at radius 1 is 1.29 bits per heavy atom. The largest absolute Gasteiger partial charge is 0.444 e. The summed E-state index contributed by atoms with van der Waals surface area (Å²) in [5.41, 5.74) is 0.507. The summed E-state index contributed by atoms with van der Waals surface area (Å²) in [5, 5.41) is 6.16. The average molecular weight is 333 g/mol. The zero-order valence-electron chi connectivity index (χ0n) is 14.8. The molecule has 0 aromatic heterocycles. The highest BCUT2D eigenvalue weighted by molar-refractivity contribution is 5.83. The van der Waals surface area contributed by atoms with Crippen LogP contribution in [0, 0.1) is 0 Å². The molecule has 1 aliphatic rings. The third kappa shape index (κ3) is 5.23. The molecule has 132 valence electrons. The highest BCUT2D eigenvalue weighted by Gasteiger charge is 2.31. The van der Waals surface area contributed by atoms with Gasteiger partial charge in [-0.25, -0.2) is 4.79 Å². The minimum absolute atomic E-state index is 0.0857. The van der Waals surface area contributed by atoms with Crippen molar-refractivity contribution in [2.45, 2.75) is 45.4 Å². The molecule has 2 rings (SSSR count). The van der Waals surface area contributed by atoms with Gasteiger partial charge < -0.3 is 20.3 Å². The zero-order chi connectivity index (χ0) is 17.7. The van der Waals surface area contributed by atoms with Gasteiger partial charge in [-0.2, -0.15) is 0 Å². The number of nitrogens with one attached hydrogen (secondary N) is 2. The summed E-state index contributed by atoms with van der Waals surface area (Å²) in [4.78, 5) is 26.2. The molecule has 1 unspecified atom stereocenters. The minimum Gasteiger partial charge on any atom is -0.444 e. The standard InChI is InChI=1S/C18H27N3O3/c1-13(14-8-6-5-7-9-14)20-16(22)15-12-21(11-10-19-15)17(23)24-18(2,3)4/h5-9,13,15,19H,10-12H2,1-4H3,(H,20,22)/t13-,15?/m0/s1. The monoisotopic (exact) mass is 333 g/mol. The summed E-state index contributed by atoms with van der Waals surface area (Å²) >= 11 is 0. The second-order valence-corrected chi connectivity index (χ2v) is 7.07. The van der Waals surface area contributed by atoms with Gasteiger partial charge >= 0.3 is 6.09 Å². The van der Waals surface area contributed by atoms with E-state index in [0.717, 1.165) is 5.56 Å². The Bertz CT molecular complexity index is 569. The van der Waals surface area contributed by atoms with Crippen LogP contribution in [0.25, 0.3) is 0 Å². The zero-order valence-corrected chi connectivity index (χ0v) is 14.8.